The van der Waals surface area contributed by atoms with Crippen LogP contribution in [-0.4, -0.2) is 40.7 Å². The highest BCUT2D eigenvalue weighted by Gasteiger charge is 2.34. The number of aromatic nitrogens is 3. The van der Waals surface area contributed by atoms with Gasteiger partial charge in [0.2, 0.25) is 5.84 Å². The summed E-state index contributed by atoms with van der Waals surface area (Å²) in [5, 5.41) is 0. The van der Waals surface area contributed by atoms with Crippen LogP contribution in [0.25, 0.3) is 22.4 Å². The highest BCUT2D eigenvalue weighted by Crippen LogP contribution is 2.35. The fraction of sp³-hybridized carbons (Fsp3) is 0.278. The molecule has 2 heterocycles. The van der Waals surface area contributed by atoms with Gasteiger partial charge in [-0.25, -0.2) is 23.4 Å². The molecule has 1 aromatic carbocycles. The zero-order valence-corrected chi connectivity index (χ0v) is 17.3. The molecule has 0 bridgehead atoms. The van der Waals surface area contributed by atoms with Crippen LogP contribution in [-0.2, 0) is 23.1 Å². The first-order chi connectivity index (χ1) is 14.6. The maximum atomic E-state index is 13.0. The zero-order valence-electron chi connectivity index (χ0n) is 16.5. The molecule has 172 valence electrons. The molecular formula is C18H15F6N5O2S. The van der Waals surface area contributed by atoms with E-state index in [0.717, 1.165) is 24.4 Å². The van der Waals surface area contributed by atoms with E-state index >= 15 is 0 Å². The SMILES string of the molecule is CCS(=O)(=O)c1cc(N=C(N)C(F)(F)F)ccc1-c1nc2cc(C(F)(F)F)ncc2n1C. The first-order valence-electron chi connectivity index (χ1n) is 8.83. The van der Waals surface area contributed by atoms with Crippen molar-refractivity contribution >= 4 is 32.4 Å². The fourth-order valence-electron chi connectivity index (χ4n) is 2.87. The van der Waals surface area contributed by atoms with Gasteiger partial charge in [0.25, 0.3) is 0 Å². The van der Waals surface area contributed by atoms with E-state index in [2.05, 4.69) is 15.0 Å². The normalized spacial score (nSPS) is 13.7. The summed E-state index contributed by atoms with van der Waals surface area (Å²) in [4.78, 5) is 10.3. The third-order valence-electron chi connectivity index (χ3n) is 4.52. The third kappa shape index (κ3) is 4.40. The minimum atomic E-state index is -4.91. The molecule has 0 amide bonds. The number of nitrogens with zero attached hydrogens (tertiary/aromatic N) is 4. The van der Waals surface area contributed by atoms with E-state index in [0.29, 0.717) is 0 Å². The maximum absolute atomic E-state index is 13.0. The second kappa shape index (κ2) is 7.76. The van der Waals surface area contributed by atoms with Crippen molar-refractivity contribution in [3.63, 3.8) is 0 Å². The summed E-state index contributed by atoms with van der Waals surface area (Å²) in [6, 6.07) is 3.90. The van der Waals surface area contributed by atoms with Crippen LogP contribution in [0.1, 0.15) is 12.6 Å². The standard InChI is InChI=1S/C18H15F6N5O2S/c1-3-32(30,31)13-6-9(27-16(25)18(22,23)24)4-5-10(13)15-28-11-7-14(17(19,20)21)26-8-12(11)29(15)2/h4-8H,3H2,1-2H3,(H2,25,27). The molecule has 2 aromatic heterocycles. The third-order valence-corrected chi connectivity index (χ3v) is 6.29. The Kier molecular flexibility index (Phi) is 5.70. The van der Waals surface area contributed by atoms with Crippen LogP contribution in [0.15, 0.2) is 40.4 Å². The van der Waals surface area contributed by atoms with Crippen LogP contribution in [0.2, 0.25) is 0 Å². The number of benzene rings is 1. The number of aryl methyl sites for hydroxylation is 1. The molecule has 14 heteroatoms. The predicted octanol–water partition coefficient (Wildman–Crippen LogP) is 4.00. The number of aliphatic imine (C=N–C) groups is 1. The van der Waals surface area contributed by atoms with Crippen molar-refractivity contribution in [3.8, 4) is 11.4 Å². The van der Waals surface area contributed by atoms with E-state index in [9.17, 15) is 34.8 Å². The molecule has 0 aliphatic rings. The Labute approximate surface area is 177 Å². The minimum absolute atomic E-state index is 0.0209. The Morgan fingerprint density at radius 2 is 1.81 bits per heavy atom. The Balaban J connectivity index is 2.25. The number of rotatable bonds is 4. The van der Waals surface area contributed by atoms with E-state index in [1.165, 1.54) is 24.6 Å². The van der Waals surface area contributed by atoms with Crippen molar-refractivity contribution in [2.75, 3.05) is 5.75 Å². The second-order valence-corrected chi connectivity index (χ2v) is 8.88. The van der Waals surface area contributed by atoms with Gasteiger partial charge in [0.1, 0.15) is 11.5 Å². The lowest BCUT2D eigenvalue weighted by Gasteiger charge is -2.11. The highest BCUT2D eigenvalue weighted by atomic mass is 32.2. The summed E-state index contributed by atoms with van der Waals surface area (Å²) in [5.41, 5.74) is 3.44. The van der Waals surface area contributed by atoms with E-state index in [1.54, 1.807) is 0 Å². The lowest BCUT2D eigenvalue weighted by molar-refractivity contribution is -0.141. The number of imidazole rings is 1. The van der Waals surface area contributed by atoms with Crippen LogP contribution >= 0.6 is 0 Å². The highest BCUT2D eigenvalue weighted by molar-refractivity contribution is 7.91. The molecule has 2 N–H and O–H groups in total. The predicted molar refractivity (Wildman–Crippen MR) is 104 cm³/mol. The molecule has 0 atom stereocenters. The number of pyridine rings is 1. The fourth-order valence-corrected chi connectivity index (χ4v) is 3.97. The van der Waals surface area contributed by atoms with Crippen molar-refractivity contribution in [2.45, 2.75) is 24.2 Å². The van der Waals surface area contributed by atoms with Gasteiger partial charge in [-0.15, -0.1) is 0 Å². The monoisotopic (exact) mass is 479 g/mol. The van der Waals surface area contributed by atoms with Gasteiger partial charge in [-0.3, -0.25) is 0 Å². The summed E-state index contributed by atoms with van der Waals surface area (Å²) < 4.78 is 104. The van der Waals surface area contributed by atoms with E-state index in [-0.39, 0.29) is 28.1 Å². The van der Waals surface area contributed by atoms with Crippen molar-refractivity contribution in [1.82, 2.24) is 14.5 Å². The first kappa shape index (κ1) is 23.5. The van der Waals surface area contributed by atoms with Gasteiger partial charge >= 0.3 is 12.4 Å². The van der Waals surface area contributed by atoms with Crippen molar-refractivity contribution in [1.29, 1.82) is 0 Å². The average molecular weight is 479 g/mol. The van der Waals surface area contributed by atoms with Gasteiger partial charge in [0.05, 0.1) is 33.6 Å². The molecular weight excluding hydrogens is 464 g/mol. The molecule has 0 aliphatic carbocycles. The van der Waals surface area contributed by atoms with Gasteiger partial charge < -0.3 is 10.3 Å². The molecule has 3 aromatic rings. The topological polar surface area (TPSA) is 103 Å². The Morgan fingerprint density at radius 3 is 2.38 bits per heavy atom. The molecule has 0 saturated heterocycles. The molecule has 3 rings (SSSR count). The zero-order chi connectivity index (χ0) is 24.1. The molecule has 7 nitrogen and oxygen atoms in total. The largest absolute Gasteiger partial charge is 0.448 e. The summed E-state index contributed by atoms with van der Waals surface area (Å²) in [6.45, 7) is 1.33. The summed E-state index contributed by atoms with van der Waals surface area (Å²) in [6.07, 6.45) is -8.67. The number of amidine groups is 1. The smallest absolute Gasteiger partial charge is 0.380 e. The Morgan fingerprint density at radius 1 is 1.16 bits per heavy atom. The molecule has 0 radical (unpaired) electrons. The summed E-state index contributed by atoms with van der Waals surface area (Å²) in [7, 11) is -2.56. The van der Waals surface area contributed by atoms with E-state index in [1.807, 2.05) is 0 Å². The number of sulfone groups is 1. The number of nitrogens with two attached hydrogens (primary N) is 1. The number of halogens is 6. The molecule has 0 fully saturated rings. The lowest BCUT2D eigenvalue weighted by atomic mass is 10.2. The van der Waals surface area contributed by atoms with Crippen molar-refractivity contribution in [2.24, 2.45) is 17.8 Å². The number of hydrogen-bond donors (Lipinski definition) is 1. The number of alkyl halides is 6. The first-order valence-corrected chi connectivity index (χ1v) is 10.5. The van der Waals surface area contributed by atoms with Crippen LogP contribution in [0.4, 0.5) is 32.0 Å². The van der Waals surface area contributed by atoms with Crippen LogP contribution in [0.3, 0.4) is 0 Å². The Hall–Kier alpha value is -3.16. The van der Waals surface area contributed by atoms with E-state index in [4.69, 9.17) is 5.73 Å². The molecule has 0 spiro atoms. The molecule has 0 saturated carbocycles. The van der Waals surface area contributed by atoms with Crippen LogP contribution in [0.5, 0.6) is 0 Å². The molecule has 0 unspecified atom stereocenters. The average Bonchev–Trinajstić information content (AvgIpc) is 3.02. The maximum Gasteiger partial charge on any atom is 0.448 e. The second-order valence-electron chi connectivity index (χ2n) is 6.63. The quantitative estimate of drug-likeness (QED) is 0.346. The summed E-state index contributed by atoms with van der Waals surface area (Å²) in [5.74, 6) is -2.09. The number of fused-ring (bicyclic) bond motifs is 1. The van der Waals surface area contributed by atoms with Crippen LogP contribution in [0, 0.1) is 0 Å². The van der Waals surface area contributed by atoms with Gasteiger partial charge in [0, 0.05) is 12.6 Å². The van der Waals surface area contributed by atoms with Crippen molar-refractivity contribution < 1.29 is 34.8 Å². The Bertz CT molecular complexity index is 1330. The minimum Gasteiger partial charge on any atom is -0.380 e. The van der Waals surface area contributed by atoms with Gasteiger partial charge in [0.15, 0.2) is 9.84 Å². The molecule has 0 aliphatic heterocycles. The van der Waals surface area contributed by atoms with Gasteiger partial charge in [-0.1, -0.05) is 6.92 Å². The van der Waals surface area contributed by atoms with Gasteiger partial charge in [-0.2, -0.15) is 26.3 Å². The molecule has 32 heavy (non-hydrogen) atoms. The van der Waals surface area contributed by atoms with Crippen molar-refractivity contribution in [3.05, 3.63) is 36.2 Å². The van der Waals surface area contributed by atoms with E-state index < -0.39 is 44.4 Å². The van der Waals surface area contributed by atoms with Crippen LogP contribution < -0.4 is 5.73 Å². The summed E-state index contributed by atoms with van der Waals surface area (Å²) >= 11 is 0. The van der Waals surface area contributed by atoms with Gasteiger partial charge in [-0.05, 0) is 24.3 Å². The number of hydrogen-bond acceptors (Lipinski definition) is 5. The lowest BCUT2D eigenvalue weighted by Crippen LogP contribution is -2.30.